The standard InChI is InChI=1S/C12H15FO4S/c1-8-5-11(13)4-3-10(8)7-18(16,17)6-9(2)12(14)15/h3-5,9H,6-7H2,1-2H3,(H,14,15). The Morgan fingerprint density at radius 1 is 1.44 bits per heavy atom. The van der Waals surface area contributed by atoms with E-state index in [-0.39, 0.29) is 5.75 Å². The third-order valence-electron chi connectivity index (χ3n) is 2.61. The Labute approximate surface area is 105 Å². The average Bonchev–Trinajstić information content (AvgIpc) is 2.21. The van der Waals surface area contributed by atoms with Crippen molar-refractivity contribution in [3.05, 3.63) is 35.1 Å². The maximum Gasteiger partial charge on any atom is 0.307 e. The van der Waals surface area contributed by atoms with Crippen LogP contribution in [0.4, 0.5) is 4.39 Å². The van der Waals surface area contributed by atoms with Crippen molar-refractivity contribution >= 4 is 15.8 Å². The SMILES string of the molecule is Cc1cc(F)ccc1CS(=O)(=O)CC(C)C(=O)O. The summed E-state index contributed by atoms with van der Waals surface area (Å²) in [5, 5.41) is 8.69. The fraction of sp³-hybridized carbons (Fsp3) is 0.417. The number of halogens is 1. The van der Waals surface area contributed by atoms with Crippen LogP contribution in [0.15, 0.2) is 18.2 Å². The van der Waals surface area contributed by atoms with Gasteiger partial charge in [0.1, 0.15) is 5.82 Å². The summed E-state index contributed by atoms with van der Waals surface area (Å²) < 4.78 is 36.5. The molecule has 100 valence electrons. The fourth-order valence-corrected chi connectivity index (χ4v) is 3.39. The molecule has 0 saturated heterocycles. The molecule has 1 N–H and O–H groups in total. The number of sulfone groups is 1. The van der Waals surface area contributed by atoms with Crippen molar-refractivity contribution in [2.75, 3.05) is 5.75 Å². The van der Waals surface area contributed by atoms with Gasteiger partial charge in [0, 0.05) is 0 Å². The summed E-state index contributed by atoms with van der Waals surface area (Å²) in [6.45, 7) is 2.96. The van der Waals surface area contributed by atoms with Crippen LogP contribution in [0.3, 0.4) is 0 Å². The Kier molecular flexibility index (Phi) is 4.45. The molecule has 0 aliphatic carbocycles. The Morgan fingerprint density at radius 3 is 2.56 bits per heavy atom. The number of benzene rings is 1. The van der Waals surface area contributed by atoms with Crippen molar-refractivity contribution in [3.8, 4) is 0 Å². The molecule has 0 bridgehead atoms. The molecule has 0 heterocycles. The van der Waals surface area contributed by atoms with E-state index in [1.165, 1.54) is 25.1 Å². The molecule has 0 radical (unpaired) electrons. The zero-order valence-corrected chi connectivity index (χ0v) is 11.0. The smallest absolute Gasteiger partial charge is 0.307 e. The molecule has 0 amide bonds. The van der Waals surface area contributed by atoms with Crippen LogP contribution in [-0.2, 0) is 20.4 Å². The number of hydrogen-bond acceptors (Lipinski definition) is 3. The number of hydrogen-bond donors (Lipinski definition) is 1. The fourth-order valence-electron chi connectivity index (χ4n) is 1.57. The first-order valence-electron chi connectivity index (χ1n) is 5.39. The highest BCUT2D eigenvalue weighted by atomic mass is 32.2. The molecule has 1 atom stereocenters. The number of carboxylic acid groups (broad SMARTS) is 1. The topological polar surface area (TPSA) is 71.4 Å². The van der Waals surface area contributed by atoms with Gasteiger partial charge in [-0.1, -0.05) is 13.0 Å². The lowest BCUT2D eigenvalue weighted by Gasteiger charge is -2.09. The van der Waals surface area contributed by atoms with Crippen LogP contribution in [0.2, 0.25) is 0 Å². The van der Waals surface area contributed by atoms with Crippen LogP contribution >= 0.6 is 0 Å². The van der Waals surface area contributed by atoms with Gasteiger partial charge >= 0.3 is 5.97 Å². The Bertz CT molecular complexity index is 551. The van der Waals surface area contributed by atoms with E-state index in [9.17, 15) is 17.6 Å². The van der Waals surface area contributed by atoms with Gasteiger partial charge in [0.05, 0.1) is 17.4 Å². The van der Waals surface area contributed by atoms with Crippen molar-refractivity contribution in [3.63, 3.8) is 0 Å². The predicted molar refractivity (Wildman–Crippen MR) is 65.4 cm³/mol. The van der Waals surface area contributed by atoms with Crippen LogP contribution in [0.5, 0.6) is 0 Å². The number of rotatable bonds is 5. The van der Waals surface area contributed by atoms with Gasteiger partial charge in [0.2, 0.25) is 0 Å². The molecule has 4 nitrogen and oxygen atoms in total. The van der Waals surface area contributed by atoms with Crippen LogP contribution in [0, 0.1) is 18.7 Å². The van der Waals surface area contributed by atoms with E-state index in [0.717, 1.165) is 0 Å². The first kappa shape index (κ1) is 14.6. The van der Waals surface area contributed by atoms with Crippen LogP contribution in [0.25, 0.3) is 0 Å². The molecule has 6 heteroatoms. The summed E-state index contributed by atoms with van der Waals surface area (Å²) >= 11 is 0. The summed E-state index contributed by atoms with van der Waals surface area (Å²) in [6.07, 6.45) is 0. The minimum absolute atomic E-state index is 0.267. The first-order valence-corrected chi connectivity index (χ1v) is 7.21. The quantitative estimate of drug-likeness (QED) is 0.888. The summed E-state index contributed by atoms with van der Waals surface area (Å²) in [6, 6.07) is 3.86. The molecule has 0 fully saturated rings. The number of aliphatic carboxylic acids is 1. The molecular weight excluding hydrogens is 259 g/mol. The maximum atomic E-state index is 12.9. The highest BCUT2D eigenvalue weighted by molar-refractivity contribution is 7.90. The predicted octanol–water partition coefficient (Wildman–Crippen LogP) is 1.77. The van der Waals surface area contributed by atoms with E-state index in [1.807, 2.05) is 0 Å². The van der Waals surface area contributed by atoms with Crippen LogP contribution < -0.4 is 0 Å². The third kappa shape index (κ3) is 4.10. The van der Waals surface area contributed by atoms with E-state index in [4.69, 9.17) is 5.11 Å². The van der Waals surface area contributed by atoms with E-state index < -0.39 is 33.3 Å². The third-order valence-corrected chi connectivity index (χ3v) is 4.36. The van der Waals surface area contributed by atoms with Gasteiger partial charge in [-0.15, -0.1) is 0 Å². The largest absolute Gasteiger partial charge is 0.481 e. The lowest BCUT2D eigenvalue weighted by atomic mass is 10.1. The van der Waals surface area contributed by atoms with Crippen molar-refractivity contribution in [2.24, 2.45) is 5.92 Å². The zero-order valence-electron chi connectivity index (χ0n) is 10.2. The maximum absolute atomic E-state index is 12.9. The second kappa shape index (κ2) is 5.48. The van der Waals surface area contributed by atoms with Crippen LogP contribution in [-0.4, -0.2) is 25.2 Å². The van der Waals surface area contributed by atoms with E-state index in [0.29, 0.717) is 11.1 Å². The molecule has 0 spiro atoms. The van der Waals surface area contributed by atoms with Gasteiger partial charge in [0.25, 0.3) is 0 Å². The van der Waals surface area contributed by atoms with E-state index in [2.05, 4.69) is 0 Å². The Morgan fingerprint density at radius 2 is 2.06 bits per heavy atom. The van der Waals surface area contributed by atoms with Crippen molar-refractivity contribution < 1.29 is 22.7 Å². The molecule has 1 unspecified atom stereocenters. The highest BCUT2D eigenvalue weighted by Crippen LogP contribution is 2.15. The monoisotopic (exact) mass is 274 g/mol. The van der Waals surface area contributed by atoms with Gasteiger partial charge < -0.3 is 5.11 Å². The van der Waals surface area contributed by atoms with Gasteiger partial charge in [0.15, 0.2) is 9.84 Å². The number of carbonyl (C=O) groups is 1. The lowest BCUT2D eigenvalue weighted by Crippen LogP contribution is -2.22. The van der Waals surface area contributed by atoms with Gasteiger partial charge in [-0.2, -0.15) is 0 Å². The number of carboxylic acids is 1. The van der Waals surface area contributed by atoms with Crippen molar-refractivity contribution in [1.29, 1.82) is 0 Å². The molecule has 1 aromatic carbocycles. The van der Waals surface area contributed by atoms with Crippen molar-refractivity contribution in [1.82, 2.24) is 0 Å². The summed E-state index contributed by atoms with van der Waals surface area (Å²) in [7, 11) is -3.52. The summed E-state index contributed by atoms with van der Waals surface area (Å²) in [4.78, 5) is 10.6. The highest BCUT2D eigenvalue weighted by Gasteiger charge is 2.22. The summed E-state index contributed by atoms with van der Waals surface area (Å²) in [5.41, 5.74) is 1.04. The average molecular weight is 274 g/mol. The Hall–Kier alpha value is -1.43. The molecule has 0 saturated carbocycles. The van der Waals surface area contributed by atoms with E-state index in [1.54, 1.807) is 6.92 Å². The van der Waals surface area contributed by atoms with E-state index >= 15 is 0 Å². The second-order valence-electron chi connectivity index (χ2n) is 4.36. The first-order chi connectivity index (χ1) is 8.21. The van der Waals surface area contributed by atoms with Gasteiger partial charge in [-0.3, -0.25) is 4.79 Å². The molecule has 18 heavy (non-hydrogen) atoms. The molecule has 1 aromatic rings. The van der Waals surface area contributed by atoms with Gasteiger partial charge in [-0.05, 0) is 30.2 Å². The second-order valence-corrected chi connectivity index (χ2v) is 6.47. The molecule has 0 aromatic heterocycles. The molecular formula is C12H15FO4S. The lowest BCUT2D eigenvalue weighted by molar-refractivity contribution is -0.140. The number of aryl methyl sites for hydroxylation is 1. The molecule has 0 aliphatic rings. The Balaban J connectivity index is 2.86. The minimum Gasteiger partial charge on any atom is -0.481 e. The molecule has 0 aliphatic heterocycles. The van der Waals surface area contributed by atoms with Gasteiger partial charge in [-0.25, -0.2) is 12.8 Å². The molecule has 1 rings (SSSR count). The normalized spacial score (nSPS) is 13.3. The zero-order chi connectivity index (χ0) is 13.9. The van der Waals surface area contributed by atoms with Crippen LogP contribution in [0.1, 0.15) is 18.1 Å². The summed E-state index contributed by atoms with van der Waals surface area (Å²) in [5.74, 6) is -3.20. The van der Waals surface area contributed by atoms with Crippen molar-refractivity contribution in [2.45, 2.75) is 19.6 Å². The minimum atomic E-state index is -3.52.